The van der Waals surface area contributed by atoms with Crippen molar-refractivity contribution in [3.63, 3.8) is 0 Å². The molecule has 1 aliphatic heterocycles. The maximum Gasteiger partial charge on any atom is 0.248 e. The first-order valence-electron chi connectivity index (χ1n) is 11.6. The second kappa shape index (κ2) is 12.2. The summed E-state index contributed by atoms with van der Waals surface area (Å²) in [5.41, 5.74) is 1.07. The Morgan fingerprint density at radius 1 is 1.10 bits per heavy atom. The number of likely N-dealkylation sites (N-methyl/N-ethyl adjacent to an activating group) is 1. The van der Waals surface area contributed by atoms with Crippen LogP contribution in [0.15, 0.2) is 30.3 Å². The maximum absolute atomic E-state index is 13.0. The van der Waals surface area contributed by atoms with Gasteiger partial charge < -0.3 is 19.9 Å². The van der Waals surface area contributed by atoms with E-state index in [0.717, 1.165) is 38.0 Å². The molecule has 0 unspecified atom stereocenters. The van der Waals surface area contributed by atoms with Gasteiger partial charge in [0.25, 0.3) is 0 Å². The molecule has 1 aromatic rings. The Morgan fingerprint density at radius 3 is 2.42 bits per heavy atom. The second-order valence-corrected chi connectivity index (χ2v) is 8.98. The second-order valence-electron chi connectivity index (χ2n) is 8.98. The molecule has 1 aliphatic carbocycles. The van der Waals surface area contributed by atoms with E-state index in [1.54, 1.807) is 0 Å². The van der Waals surface area contributed by atoms with Gasteiger partial charge in [-0.25, -0.2) is 0 Å². The van der Waals surface area contributed by atoms with Crippen molar-refractivity contribution in [2.75, 3.05) is 60.0 Å². The SMILES string of the molecule is CN(C)CCNC(=O)[C@@H](C1CCCC1)N1CCN(C(=O)COCc2ccccc2)CC1. The standard InChI is InChI=1S/C24H38N4O3/c1-26(2)13-12-25-24(30)23(21-10-6-7-11-21)28-16-14-27(15-17-28)22(29)19-31-18-20-8-4-3-5-9-20/h3-5,8-9,21,23H,6-7,10-19H2,1-2H3,(H,25,30)/t23-/m1/s1. The van der Waals surface area contributed by atoms with Crippen LogP contribution in [0.25, 0.3) is 0 Å². The van der Waals surface area contributed by atoms with E-state index < -0.39 is 0 Å². The number of nitrogens with one attached hydrogen (secondary N) is 1. The lowest BCUT2D eigenvalue weighted by atomic mass is 9.95. The van der Waals surface area contributed by atoms with Gasteiger partial charge in [-0.15, -0.1) is 0 Å². The largest absolute Gasteiger partial charge is 0.367 e. The summed E-state index contributed by atoms with van der Waals surface area (Å²) in [6.07, 6.45) is 4.67. The normalized spacial score (nSPS) is 19.0. The Labute approximate surface area is 186 Å². The lowest BCUT2D eigenvalue weighted by Crippen LogP contribution is -2.58. The first-order chi connectivity index (χ1) is 15.0. The molecular formula is C24H38N4O3. The van der Waals surface area contributed by atoms with Crippen LogP contribution in [0.2, 0.25) is 0 Å². The minimum Gasteiger partial charge on any atom is -0.367 e. The number of carbonyl (C=O) groups is 2. The van der Waals surface area contributed by atoms with Crippen LogP contribution in [0.1, 0.15) is 31.2 Å². The third-order valence-corrected chi connectivity index (χ3v) is 6.37. The van der Waals surface area contributed by atoms with Gasteiger partial charge in [0.2, 0.25) is 11.8 Å². The monoisotopic (exact) mass is 430 g/mol. The lowest BCUT2D eigenvalue weighted by Gasteiger charge is -2.40. The van der Waals surface area contributed by atoms with Crippen molar-refractivity contribution in [2.45, 2.75) is 38.3 Å². The zero-order valence-corrected chi connectivity index (χ0v) is 19.1. The molecule has 7 heteroatoms. The van der Waals surface area contributed by atoms with E-state index in [0.29, 0.717) is 32.2 Å². The number of amides is 2. The van der Waals surface area contributed by atoms with E-state index in [-0.39, 0.29) is 24.5 Å². The van der Waals surface area contributed by atoms with Crippen molar-refractivity contribution in [1.29, 1.82) is 0 Å². The highest BCUT2D eigenvalue weighted by molar-refractivity contribution is 5.82. The number of benzene rings is 1. The molecule has 1 heterocycles. The Bertz CT molecular complexity index is 683. The van der Waals surface area contributed by atoms with E-state index in [1.807, 2.05) is 49.3 Å². The topological polar surface area (TPSA) is 65.1 Å². The highest BCUT2D eigenvalue weighted by Crippen LogP contribution is 2.31. The average molecular weight is 431 g/mol. The summed E-state index contributed by atoms with van der Waals surface area (Å²) in [5.74, 6) is 0.610. The van der Waals surface area contributed by atoms with Crippen LogP contribution in [0, 0.1) is 5.92 Å². The summed E-state index contributed by atoms with van der Waals surface area (Å²) in [6.45, 7) is 4.86. The third-order valence-electron chi connectivity index (χ3n) is 6.37. The first kappa shape index (κ1) is 23.7. The number of hydrogen-bond donors (Lipinski definition) is 1. The van der Waals surface area contributed by atoms with Crippen LogP contribution >= 0.6 is 0 Å². The minimum atomic E-state index is -0.0729. The average Bonchev–Trinajstić information content (AvgIpc) is 3.29. The summed E-state index contributed by atoms with van der Waals surface area (Å²) in [7, 11) is 4.03. The molecule has 1 saturated heterocycles. The van der Waals surface area contributed by atoms with Crippen LogP contribution in [0.4, 0.5) is 0 Å². The Morgan fingerprint density at radius 2 is 1.77 bits per heavy atom. The highest BCUT2D eigenvalue weighted by Gasteiger charge is 2.37. The summed E-state index contributed by atoms with van der Waals surface area (Å²) in [4.78, 5) is 31.8. The molecule has 1 saturated carbocycles. The Balaban J connectivity index is 1.46. The van der Waals surface area contributed by atoms with E-state index in [4.69, 9.17) is 4.74 Å². The molecule has 0 bridgehead atoms. The predicted molar refractivity (Wildman–Crippen MR) is 122 cm³/mol. The third kappa shape index (κ3) is 7.30. The molecule has 3 rings (SSSR count). The summed E-state index contributed by atoms with van der Waals surface area (Å²) < 4.78 is 5.62. The van der Waals surface area contributed by atoms with Gasteiger partial charge in [0.1, 0.15) is 6.61 Å². The van der Waals surface area contributed by atoms with Gasteiger partial charge >= 0.3 is 0 Å². The maximum atomic E-state index is 13.0. The number of ether oxygens (including phenoxy) is 1. The molecular weight excluding hydrogens is 392 g/mol. The van der Waals surface area contributed by atoms with Crippen molar-refractivity contribution in [3.8, 4) is 0 Å². The van der Waals surface area contributed by atoms with E-state index in [9.17, 15) is 9.59 Å². The van der Waals surface area contributed by atoms with Crippen molar-refractivity contribution in [3.05, 3.63) is 35.9 Å². The molecule has 0 radical (unpaired) electrons. The summed E-state index contributed by atoms with van der Waals surface area (Å²) >= 11 is 0. The molecule has 2 fully saturated rings. The zero-order chi connectivity index (χ0) is 22.1. The van der Waals surface area contributed by atoms with Crippen LogP contribution in [-0.4, -0.2) is 92.5 Å². The molecule has 1 atom stereocenters. The predicted octanol–water partition coefficient (Wildman–Crippen LogP) is 1.58. The van der Waals surface area contributed by atoms with Gasteiger partial charge in [-0.2, -0.15) is 0 Å². The molecule has 0 spiro atoms. The minimum absolute atomic E-state index is 0.0310. The van der Waals surface area contributed by atoms with Gasteiger partial charge in [0.05, 0.1) is 12.6 Å². The quantitative estimate of drug-likeness (QED) is 0.611. The molecule has 2 aliphatic rings. The molecule has 172 valence electrons. The molecule has 7 nitrogen and oxygen atoms in total. The smallest absolute Gasteiger partial charge is 0.248 e. The van der Waals surface area contributed by atoms with Gasteiger partial charge in [0.15, 0.2) is 0 Å². The number of carbonyl (C=O) groups excluding carboxylic acids is 2. The molecule has 2 amide bonds. The number of nitrogens with zero attached hydrogens (tertiary/aromatic N) is 3. The first-order valence-corrected chi connectivity index (χ1v) is 11.6. The van der Waals surface area contributed by atoms with E-state index >= 15 is 0 Å². The summed E-state index contributed by atoms with van der Waals surface area (Å²) in [6, 6.07) is 9.83. The van der Waals surface area contributed by atoms with Crippen LogP contribution in [-0.2, 0) is 20.9 Å². The van der Waals surface area contributed by atoms with Gasteiger partial charge in [-0.1, -0.05) is 43.2 Å². The Kier molecular flexibility index (Phi) is 9.31. The van der Waals surface area contributed by atoms with Crippen molar-refractivity contribution in [2.24, 2.45) is 5.92 Å². The highest BCUT2D eigenvalue weighted by atomic mass is 16.5. The zero-order valence-electron chi connectivity index (χ0n) is 19.1. The van der Waals surface area contributed by atoms with Crippen LogP contribution in [0.5, 0.6) is 0 Å². The van der Waals surface area contributed by atoms with E-state index in [1.165, 1.54) is 12.8 Å². The molecule has 1 N–H and O–H groups in total. The van der Waals surface area contributed by atoms with Crippen LogP contribution < -0.4 is 5.32 Å². The van der Waals surface area contributed by atoms with Gasteiger partial charge in [0, 0.05) is 39.3 Å². The van der Waals surface area contributed by atoms with Gasteiger partial charge in [-0.05, 0) is 38.4 Å². The number of piperazine rings is 1. The molecule has 31 heavy (non-hydrogen) atoms. The Hall–Kier alpha value is -1.96. The van der Waals surface area contributed by atoms with Crippen molar-refractivity contribution < 1.29 is 14.3 Å². The van der Waals surface area contributed by atoms with E-state index in [2.05, 4.69) is 15.1 Å². The molecule has 1 aromatic carbocycles. The number of rotatable bonds is 10. The molecule has 0 aromatic heterocycles. The fraction of sp³-hybridized carbons (Fsp3) is 0.667. The van der Waals surface area contributed by atoms with Crippen molar-refractivity contribution in [1.82, 2.24) is 20.0 Å². The van der Waals surface area contributed by atoms with Gasteiger partial charge in [-0.3, -0.25) is 14.5 Å². The fourth-order valence-electron chi connectivity index (χ4n) is 4.63. The van der Waals surface area contributed by atoms with Crippen LogP contribution in [0.3, 0.4) is 0 Å². The van der Waals surface area contributed by atoms with Crippen molar-refractivity contribution >= 4 is 11.8 Å². The number of hydrogen-bond acceptors (Lipinski definition) is 5. The fourth-order valence-corrected chi connectivity index (χ4v) is 4.63. The summed E-state index contributed by atoms with van der Waals surface area (Å²) in [5, 5.41) is 3.14. The lowest BCUT2D eigenvalue weighted by molar-refractivity contribution is -0.139.